The van der Waals surface area contributed by atoms with E-state index in [0.717, 1.165) is 0 Å². The normalized spacial score (nSPS) is 12.9. The third kappa shape index (κ3) is 3.57. The van der Waals surface area contributed by atoms with Crippen molar-refractivity contribution >= 4 is 33.3 Å². The lowest BCUT2D eigenvalue weighted by Crippen LogP contribution is -2.31. The third-order valence-corrected chi connectivity index (χ3v) is 3.49. The molecule has 0 aliphatic rings. The van der Waals surface area contributed by atoms with E-state index in [0.29, 0.717) is 28.0 Å². The van der Waals surface area contributed by atoms with E-state index in [1.165, 1.54) is 6.33 Å². The summed E-state index contributed by atoms with van der Waals surface area (Å²) in [6.45, 7) is 4.85. The highest BCUT2D eigenvalue weighted by Crippen LogP contribution is 2.27. The van der Waals surface area contributed by atoms with E-state index in [9.17, 15) is 0 Å². The van der Waals surface area contributed by atoms with Gasteiger partial charge in [-0.05, 0) is 21.8 Å². The van der Waals surface area contributed by atoms with Crippen LogP contribution in [0.3, 0.4) is 0 Å². The van der Waals surface area contributed by atoms with Gasteiger partial charge in [-0.3, -0.25) is 0 Å². The van der Waals surface area contributed by atoms with Gasteiger partial charge in [-0.2, -0.15) is 0 Å². The molecule has 1 N–H and O–H groups in total. The summed E-state index contributed by atoms with van der Waals surface area (Å²) < 4.78 is 5.83. The van der Waals surface area contributed by atoms with Crippen LogP contribution in [0.1, 0.15) is 13.8 Å². The Kier molecular flexibility index (Phi) is 5.44. The van der Waals surface area contributed by atoms with Gasteiger partial charge in [-0.1, -0.05) is 25.4 Å². The lowest BCUT2D eigenvalue weighted by molar-refractivity contribution is 0.171. The van der Waals surface area contributed by atoms with Gasteiger partial charge in [0, 0.05) is 7.11 Å². The third-order valence-electron chi connectivity index (χ3n) is 2.22. The largest absolute Gasteiger partial charge is 0.383 e. The zero-order chi connectivity index (χ0) is 12.1. The van der Waals surface area contributed by atoms with E-state index in [1.807, 2.05) is 0 Å². The molecule has 0 aliphatic heterocycles. The molecule has 0 aliphatic carbocycles. The molecule has 1 aromatic rings. The maximum absolute atomic E-state index is 5.88. The Balaban J connectivity index is 2.81. The number of ether oxygens (including phenoxy) is 1. The first-order valence-corrected chi connectivity index (χ1v) is 6.14. The molecule has 0 saturated carbocycles. The molecule has 1 aromatic heterocycles. The average molecular weight is 309 g/mol. The molecule has 90 valence electrons. The maximum Gasteiger partial charge on any atom is 0.148 e. The zero-order valence-electron chi connectivity index (χ0n) is 9.50. The van der Waals surface area contributed by atoms with Crippen molar-refractivity contribution in [3.63, 3.8) is 0 Å². The summed E-state index contributed by atoms with van der Waals surface area (Å²) in [4.78, 5) is 8.01. The minimum atomic E-state index is 0.187. The van der Waals surface area contributed by atoms with E-state index in [-0.39, 0.29) is 6.04 Å². The molecule has 16 heavy (non-hydrogen) atoms. The Morgan fingerprint density at radius 3 is 2.75 bits per heavy atom. The average Bonchev–Trinajstić information content (AvgIpc) is 2.23. The van der Waals surface area contributed by atoms with Crippen molar-refractivity contribution in [1.29, 1.82) is 0 Å². The van der Waals surface area contributed by atoms with Crippen molar-refractivity contribution in [2.45, 2.75) is 19.9 Å². The molecule has 4 nitrogen and oxygen atoms in total. The smallest absolute Gasteiger partial charge is 0.148 e. The molecule has 1 atom stereocenters. The number of hydrogen-bond acceptors (Lipinski definition) is 4. The minimum absolute atomic E-state index is 0.187. The summed E-state index contributed by atoms with van der Waals surface area (Å²) in [7, 11) is 1.68. The summed E-state index contributed by atoms with van der Waals surface area (Å²) in [5.74, 6) is 1.12. The molecule has 0 spiro atoms. The fourth-order valence-corrected chi connectivity index (χ4v) is 1.66. The van der Waals surface area contributed by atoms with Gasteiger partial charge in [-0.25, -0.2) is 9.97 Å². The fourth-order valence-electron chi connectivity index (χ4n) is 1.20. The van der Waals surface area contributed by atoms with Gasteiger partial charge in [0.2, 0.25) is 0 Å². The number of aromatic nitrogens is 2. The standard InChI is InChI=1S/C10H15BrClN3O/c1-6(2)7(4-16-3)15-10-8(11)9(12)13-5-14-10/h5-7H,4H2,1-3H3,(H,13,14,15). The highest BCUT2D eigenvalue weighted by molar-refractivity contribution is 9.10. The van der Waals surface area contributed by atoms with Gasteiger partial charge in [0.1, 0.15) is 17.3 Å². The molecule has 0 aromatic carbocycles. The van der Waals surface area contributed by atoms with Crippen LogP contribution in [-0.4, -0.2) is 29.7 Å². The molecule has 0 saturated heterocycles. The number of halogens is 2. The highest BCUT2D eigenvalue weighted by Gasteiger charge is 2.16. The number of hydrogen-bond donors (Lipinski definition) is 1. The van der Waals surface area contributed by atoms with Crippen LogP contribution in [0.25, 0.3) is 0 Å². The predicted octanol–water partition coefficient (Wildman–Crippen LogP) is 2.98. The van der Waals surface area contributed by atoms with E-state index in [1.54, 1.807) is 7.11 Å². The Bertz CT molecular complexity index is 349. The Labute approximate surface area is 109 Å². The number of nitrogens with zero attached hydrogens (tertiary/aromatic N) is 2. The van der Waals surface area contributed by atoms with E-state index in [2.05, 4.69) is 45.1 Å². The van der Waals surface area contributed by atoms with Crippen molar-refractivity contribution in [3.05, 3.63) is 16.0 Å². The second kappa shape index (κ2) is 6.37. The van der Waals surface area contributed by atoms with Gasteiger partial charge < -0.3 is 10.1 Å². The van der Waals surface area contributed by atoms with E-state index < -0.39 is 0 Å². The van der Waals surface area contributed by atoms with Crippen molar-refractivity contribution in [1.82, 2.24) is 9.97 Å². The first kappa shape index (κ1) is 13.7. The van der Waals surface area contributed by atoms with Gasteiger partial charge in [0.25, 0.3) is 0 Å². The first-order valence-electron chi connectivity index (χ1n) is 4.97. The van der Waals surface area contributed by atoms with Gasteiger partial charge >= 0.3 is 0 Å². The van der Waals surface area contributed by atoms with E-state index in [4.69, 9.17) is 16.3 Å². The summed E-state index contributed by atoms with van der Waals surface area (Å²) in [6.07, 6.45) is 1.43. The molecule has 1 heterocycles. The molecule has 6 heteroatoms. The molecule has 0 fully saturated rings. The second-order valence-corrected chi connectivity index (χ2v) is 4.93. The lowest BCUT2D eigenvalue weighted by atomic mass is 10.1. The van der Waals surface area contributed by atoms with Gasteiger partial charge in [0.05, 0.1) is 17.1 Å². The van der Waals surface area contributed by atoms with Crippen molar-refractivity contribution in [2.24, 2.45) is 5.92 Å². The summed E-state index contributed by atoms with van der Waals surface area (Å²) in [6, 6.07) is 0.187. The quantitative estimate of drug-likeness (QED) is 0.850. The number of rotatable bonds is 5. The first-order chi connectivity index (χ1) is 7.56. The maximum atomic E-state index is 5.88. The Morgan fingerprint density at radius 1 is 1.50 bits per heavy atom. The van der Waals surface area contributed by atoms with Crippen LogP contribution >= 0.6 is 27.5 Å². The summed E-state index contributed by atoms with van der Waals surface area (Å²) in [5, 5.41) is 3.68. The van der Waals surface area contributed by atoms with Gasteiger partial charge in [0.15, 0.2) is 0 Å². The molecular formula is C10H15BrClN3O. The molecule has 0 amide bonds. The molecule has 0 radical (unpaired) electrons. The minimum Gasteiger partial charge on any atom is -0.383 e. The highest BCUT2D eigenvalue weighted by atomic mass is 79.9. The van der Waals surface area contributed by atoms with Gasteiger partial charge in [-0.15, -0.1) is 0 Å². The lowest BCUT2D eigenvalue weighted by Gasteiger charge is -2.22. The fraction of sp³-hybridized carbons (Fsp3) is 0.600. The second-order valence-electron chi connectivity index (χ2n) is 3.78. The topological polar surface area (TPSA) is 47.0 Å². The van der Waals surface area contributed by atoms with Crippen LogP contribution in [0, 0.1) is 5.92 Å². The van der Waals surface area contributed by atoms with Crippen LogP contribution in [0.5, 0.6) is 0 Å². The Hall–Kier alpha value is -0.390. The van der Waals surface area contributed by atoms with Crippen molar-refractivity contribution in [2.75, 3.05) is 19.0 Å². The van der Waals surface area contributed by atoms with E-state index >= 15 is 0 Å². The monoisotopic (exact) mass is 307 g/mol. The Morgan fingerprint density at radius 2 is 2.19 bits per heavy atom. The number of anilines is 1. The number of methoxy groups -OCH3 is 1. The van der Waals surface area contributed by atoms with Crippen LogP contribution in [0.15, 0.2) is 10.8 Å². The molecule has 1 unspecified atom stereocenters. The predicted molar refractivity (Wildman–Crippen MR) is 68.9 cm³/mol. The zero-order valence-corrected chi connectivity index (χ0v) is 11.8. The van der Waals surface area contributed by atoms with Crippen LogP contribution < -0.4 is 5.32 Å². The SMILES string of the molecule is COCC(Nc1ncnc(Cl)c1Br)C(C)C. The van der Waals surface area contributed by atoms with Crippen molar-refractivity contribution in [3.8, 4) is 0 Å². The van der Waals surface area contributed by atoms with Crippen LogP contribution in [-0.2, 0) is 4.74 Å². The van der Waals surface area contributed by atoms with Crippen molar-refractivity contribution < 1.29 is 4.74 Å². The number of nitrogens with one attached hydrogen (secondary N) is 1. The molecular weight excluding hydrogens is 293 g/mol. The summed E-state index contributed by atoms with van der Waals surface area (Å²) in [5.41, 5.74) is 0. The summed E-state index contributed by atoms with van der Waals surface area (Å²) >= 11 is 9.23. The molecule has 1 rings (SSSR count). The molecule has 0 bridgehead atoms. The van der Waals surface area contributed by atoms with Crippen LogP contribution in [0.2, 0.25) is 5.15 Å². The van der Waals surface area contributed by atoms with Crippen LogP contribution in [0.4, 0.5) is 5.82 Å².